The van der Waals surface area contributed by atoms with E-state index in [1.54, 1.807) is 24.3 Å². The van der Waals surface area contributed by atoms with E-state index >= 15 is 0 Å². The van der Waals surface area contributed by atoms with Crippen molar-refractivity contribution in [2.75, 3.05) is 13.2 Å². The molecule has 0 aromatic heterocycles. The van der Waals surface area contributed by atoms with Gasteiger partial charge in [-0.05, 0) is 25.0 Å². The molecule has 0 aliphatic rings. The van der Waals surface area contributed by atoms with Gasteiger partial charge in [0, 0.05) is 11.1 Å². The summed E-state index contributed by atoms with van der Waals surface area (Å²) in [6.45, 7) is 16.6. The van der Waals surface area contributed by atoms with E-state index in [1.165, 1.54) is 140 Å². The number of unbranched alkanes of at least 4 members (excludes halogenated alkanes) is 22. The van der Waals surface area contributed by atoms with Crippen LogP contribution in [0, 0.1) is 13.8 Å². The van der Waals surface area contributed by atoms with Crippen LogP contribution in [0.4, 0.5) is 0 Å². The second-order valence-corrected chi connectivity index (χ2v) is 14.7. The van der Waals surface area contributed by atoms with Gasteiger partial charge in [-0.15, -0.1) is 0 Å². The zero-order valence-corrected chi connectivity index (χ0v) is 40.5. The number of carbonyl (C=O) groups is 4. The average molecular weight is 928 g/mol. The molecule has 9 heteroatoms. The third-order valence-electron chi connectivity index (χ3n) is 9.40. The minimum atomic E-state index is -1.36. The molecule has 0 aliphatic carbocycles. The molecular weight excluding hydrogens is 847 g/mol. The molecule has 0 heterocycles. The van der Waals surface area contributed by atoms with Gasteiger partial charge >= 0.3 is 35.8 Å². The smallest absolute Gasteiger partial charge is 0.545 e. The predicted molar refractivity (Wildman–Crippen MR) is 241 cm³/mol. The number of aromatic carboxylic acids is 2. The molecule has 0 fully saturated rings. The van der Waals surface area contributed by atoms with Gasteiger partial charge in [0.2, 0.25) is 0 Å². The number of hydrogen-bond donors (Lipinski definition) is 0. The van der Waals surface area contributed by atoms with Gasteiger partial charge in [-0.3, -0.25) is 0 Å². The summed E-state index contributed by atoms with van der Waals surface area (Å²) in [4.78, 5) is 45.8. The standard InChI is InChI=1S/2C21H32O4.2C4H9.Sn/c2*1-2-3-4-5-6-7-8-9-10-11-14-17-25-21(24)19-16-13-12-15-18(19)20(22)23;2*1-3-4-2;/h2*12-13,15-16H,2-11,14,17H2,1H3,(H,22,23);2*1,3-4H2,2H3;/q;;;;+2/p-2. The Bertz CT molecular complexity index is 1180. The minimum Gasteiger partial charge on any atom is -0.545 e. The fraction of sp³-hybridized carbons (Fsp3) is 0.640. The number of esters is 2. The Hall–Kier alpha value is -2.88. The second kappa shape index (κ2) is 46.2. The maximum Gasteiger partial charge on any atom is 2.00 e. The Kier molecular flexibility index (Phi) is 47.3. The van der Waals surface area contributed by atoms with Crippen molar-refractivity contribution < 1.29 is 38.9 Å². The zero-order valence-electron chi connectivity index (χ0n) is 37.6. The predicted octanol–water partition coefficient (Wildman–Crippen LogP) is 11.9. The third kappa shape index (κ3) is 36.7. The number of carboxylic acid groups (broad SMARTS) is 2. The molecule has 2 aromatic rings. The zero-order chi connectivity index (χ0) is 43.5. The molecule has 4 radical (unpaired) electrons. The summed E-state index contributed by atoms with van der Waals surface area (Å²) in [5.74, 6) is -3.90. The molecule has 332 valence electrons. The summed E-state index contributed by atoms with van der Waals surface area (Å²) >= 11 is 0. The Morgan fingerprint density at radius 1 is 0.407 bits per heavy atom. The van der Waals surface area contributed by atoms with Crippen molar-refractivity contribution >= 4 is 47.8 Å². The first-order valence-corrected chi connectivity index (χ1v) is 22.7. The molecule has 59 heavy (non-hydrogen) atoms. The number of rotatable bonds is 30. The largest absolute Gasteiger partial charge is 2.00 e. The summed E-state index contributed by atoms with van der Waals surface area (Å²) in [7, 11) is 0. The Morgan fingerprint density at radius 3 is 0.847 bits per heavy atom. The molecule has 0 N–H and O–H groups in total. The van der Waals surface area contributed by atoms with Gasteiger partial charge < -0.3 is 29.3 Å². The van der Waals surface area contributed by atoms with Gasteiger partial charge in [0.15, 0.2) is 0 Å². The van der Waals surface area contributed by atoms with Gasteiger partial charge in [-0.1, -0.05) is 232 Å². The van der Waals surface area contributed by atoms with Crippen LogP contribution in [0.3, 0.4) is 0 Å². The van der Waals surface area contributed by atoms with E-state index in [4.69, 9.17) is 9.47 Å². The maximum absolute atomic E-state index is 11.9. The molecule has 2 aromatic carbocycles. The SMILES string of the molecule is CCCCCCCCCCCCCOC(=O)c1ccccc1C(=O)[O-].CCCCCCCCCCCCCOC(=O)c1ccccc1C(=O)[O-].[CH2]CCC.[CH2]CCC.[Sn+2]. The molecule has 0 unspecified atom stereocenters. The summed E-state index contributed by atoms with van der Waals surface area (Å²) in [5.41, 5.74) is -0.117. The first-order chi connectivity index (χ1) is 28.2. The summed E-state index contributed by atoms with van der Waals surface area (Å²) in [5, 5.41) is 22.0. The van der Waals surface area contributed by atoms with Crippen molar-refractivity contribution in [2.24, 2.45) is 0 Å². The van der Waals surface area contributed by atoms with E-state index in [-0.39, 0.29) is 46.2 Å². The maximum atomic E-state index is 11.9. The molecule has 0 saturated heterocycles. The van der Waals surface area contributed by atoms with Crippen molar-refractivity contribution in [3.63, 3.8) is 0 Å². The number of ether oxygens (including phenoxy) is 2. The van der Waals surface area contributed by atoms with Crippen molar-refractivity contribution in [1.82, 2.24) is 0 Å². The van der Waals surface area contributed by atoms with E-state index in [2.05, 4.69) is 41.5 Å². The molecule has 2 rings (SSSR count). The van der Waals surface area contributed by atoms with E-state index < -0.39 is 23.9 Å². The van der Waals surface area contributed by atoms with E-state index in [0.29, 0.717) is 13.2 Å². The van der Waals surface area contributed by atoms with Gasteiger partial charge in [-0.25, -0.2) is 9.59 Å². The minimum absolute atomic E-state index is 0. The van der Waals surface area contributed by atoms with Crippen molar-refractivity contribution in [1.29, 1.82) is 0 Å². The summed E-state index contributed by atoms with van der Waals surface area (Å²) in [6, 6.07) is 12.0. The Labute approximate surface area is 377 Å². The van der Waals surface area contributed by atoms with E-state index in [1.807, 2.05) is 0 Å². The number of benzene rings is 2. The summed E-state index contributed by atoms with van der Waals surface area (Å²) < 4.78 is 10.3. The quantitative estimate of drug-likeness (QED) is 0.0430. The van der Waals surface area contributed by atoms with E-state index in [9.17, 15) is 29.4 Å². The molecule has 0 atom stereocenters. The monoisotopic (exact) mass is 928 g/mol. The molecule has 0 aliphatic heterocycles. The van der Waals surface area contributed by atoms with Crippen LogP contribution in [-0.2, 0) is 9.47 Å². The van der Waals surface area contributed by atoms with E-state index in [0.717, 1.165) is 51.4 Å². The second-order valence-electron chi connectivity index (χ2n) is 14.7. The molecule has 0 saturated carbocycles. The molecule has 0 bridgehead atoms. The van der Waals surface area contributed by atoms with Gasteiger partial charge in [0.25, 0.3) is 0 Å². The van der Waals surface area contributed by atoms with Crippen molar-refractivity contribution in [3.8, 4) is 0 Å². The Morgan fingerprint density at radius 2 is 0.627 bits per heavy atom. The van der Waals surface area contributed by atoms with Crippen LogP contribution < -0.4 is 10.2 Å². The molecule has 0 spiro atoms. The molecular formula is C50H80O8Sn. The van der Waals surface area contributed by atoms with Crippen LogP contribution in [0.1, 0.15) is 236 Å². The van der Waals surface area contributed by atoms with Crippen LogP contribution in [0.2, 0.25) is 0 Å². The van der Waals surface area contributed by atoms with Gasteiger partial charge in [-0.2, -0.15) is 0 Å². The van der Waals surface area contributed by atoms with Crippen LogP contribution >= 0.6 is 0 Å². The fourth-order valence-electron chi connectivity index (χ4n) is 5.70. The first kappa shape index (κ1) is 60.4. The van der Waals surface area contributed by atoms with Gasteiger partial charge in [0.05, 0.1) is 36.3 Å². The molecule has 8 nitrogen and oxygen atoms in total. The molecule has 0 amide bonds. The van der Waals surface area contributed by atoms with Crippen molar-refractivity contribution in [3.05, 3.63) is 84.6 Å². The van der Waals surface area contributed by atoms with Gasteiger partial charge in [0.1, 0.15) is 0 Å². The summed E-state index contributed by atoms with van der Waals surface area (Å²) in [6.07, 6.45) is 31.7. The van der Waals surface area contributed by atoms with Crippen LogP contribution in [-0.4, -0.2) is 61.0 Å². The average Bonchev–Trinajstić information content (AvgIpc) is 3.24. The Balaban J connectivity index is -0.000000885. The van der Waals surface area contributed by atoms with Crippen molar-refractivity contribution in [2.45, 2.75) is 195 Å². The fourth-order valence-corrected chi connectivity index (χ4v) is 5.70. The van der Waals surface area contributed by atoms with Crippen LogP contribution in [0.25, 0.3) is 0 Å². The number of carbonyl (C=O) groups excluding carboxylic acids is 4. The topological polar surface area (TPSA) is 133 Å². The number of hydrogen-bond acceptors (Lipinski definition) is 8. The third-order valence-corrected chi connectivity index (χ3v) is 9.40. The van der Waals surface area contributed by atoms with Crippen LogP contribution in [0.15, 0.2) is 48.5 Å². The van der Waals surface area contributed by atoms with Crippen LogP contribution in [0.5, 0.6) is 0 Å². The first-order valence-electron chi connectivity index (χ1n) is 22.7. The number of carboxylic acids is 2. The normalized spacial score (nSPS) is 10.0.